The number of esters is 1. The van der Waals surface area contributed by atoms with Gasteiger partial charge in [-0.1, -0.05) is 12.1 Å². The number of methoxy groups -OCH3 is 1. The number of carbonyl (C=O) groups is 2. The average Bonchev–Trinajstić information content (AvgIpc) is 2.60. The highest BCUT2D eigenvalue weighted by Crippen LogP contribution is 2.21. The first-order valence-electron chi connectivity index (χ1n) is 7.07. The predicted octanol–water partition coefficient (Wildman–Crippen LogP) is 2.57. The van der Waals surface area contributed by atoms with Gasteiger partial charge in [-0.05, 0) is 24.3 Å². The molecule has 2 rings (SSSR count). The molecule has 0 atom stereocenters. The van der Waals surface area contributed by atoms with Crippen molar-refractivity contribution in [3.63, 3.8) is 0 Å². The molecule has 1 amide bonds. The average molecular weight is 347 g/mol. The Hall–Kier alpha value is -3.49. The first kappa shape index (κ1) is 17.9. The largest absolute Gasteiger partial charge is 0.465 e. The molecule has 8 nitrogen and oxygen atoms in total. The normalized spacial score (nSPS) is 10.0. The zero-order valence-electron chi connectivity index (χ0n) is 13.1. The van der Waals surface area contributed by atoms with Gasteiger partial charge in [-0.25, -0.2) is 4.79 Å². The lowest BCUT2D eigenvalue weighted by atomic mass is 10.2. The molecule has 0 radical (unpaired) electrons. The molecule has 2 aromatic rings. The van der Waals surface area contributed by atoms with E-state index >= 15 is 0 Å². The van der Waals surface area contributed by atoms with Gasteiger partial charge in [-0.3, -0.25) is 14.9 Å². The van der Waals surface area contributed by atoms with Crippen LogP contribution in [-0.2, 0) is 9.53 Å². The number of ether oxygens (including phenoxy) is 1. The maximum absolute atomic E-state index is 13.3. The van der Waals surface area contributed by atoms with Crippen molar-refractivity contribution in [3.8, 4) is 0 Å². The minimum absolute atomic E-state index is 0.191. The second-order valence-corrected chi connectivity index (χ2v) is 4.86. The van der Waals surface area contributed by atoms with Gasteiger partial charge < -0.3 is 15.4 Å². The molecule has 0 fully saturated rings. The van der Waals surface area contributed by atoms with Gasteiger partial charge in [0.15, 0.2) is 0 Å². The van der Waals surface area contributed by atoms with E-state index in [0.717, 1.165) is 12.1 Å². The molecule has 2 aromatic carbocycles. The molecule has 0 bridgehead atoms. The van der Waals surface area contributed by atoms with Crippen LogP contribution >= 0.6 is 0 Å². The summed E-state index contributed by atoms with van der Waals surface area (Å²) in [6.07, 6.45) is 0. The van der Waals surface area contributed by atoms with Crippen LogP contribution in [0.4, 0.5) is 21.5 Å². The van der Waals surface area contributed by atoms with Crippen molar-refractivity contribution in [1.29, 1.82) is 0 Å². The van der Waals surface area contributed by atoms with Crippen molar-refractivity contribution >= 4 is 28.9 Å². The van der Waals surface area contributed by atoms with E-state index in [9.17, 15) is 24.1 Å². The Kier molecular flexibility index (Phi) is 5.62. The molecule has 0 unspecified atom stereocenters. The number of carbonyl (C=O) groups excluding carboxylic acids is 2. The smallest absolute Gasteiger partial charge is 0.339 e. The highest BCUT2D eigenvalue weighted by atomic mass is 19.1. The fourth-order valence-corrected chi connectivity index (χ4v) is 2.02. The fourth-order valence-electron chi connectivity index (χ4n) is 2.02. The van der Waals surface area contributed by atoms with Crippen molar-refractivity contribution in [2.24, 2.45) is 0 Å². The Bertz CT molecular complexity index is 825. The number of benzene rings is 2. The summed E-state index contributed by atoms with van der Waals surface area (Å²) >= 11 is 0. The lowest BCUT2D eigenvalue weighted by Gasteiger charge is -2.10. The van der Waals surface area contributed by atoms with Crippen molar-refractivity contribution < 1.29 is 23.6 Å². The van der Waals surface area contributed by atoms with Gasteiger partial charge in [0.2, 0.25) is 11.7 Å². The monoisotopic (exact) mass is 347 g/mol. The van der Waals surface area contributed by atoms with Crippen LogP contribution in [0.1, 0.15) is 10.4 Å². The Morgan fingerprint density at radius 1 is 1.24 bits per heavy atom. The Morgan fingerprint density at radius 3 is 2.64 bits per heavy atom. The first-order chi connectivity index (χ1) is 11.9. The molecule has 0 aromatic heterocycles. The van der Waals surface area contributed by atoms with Crippen LogP contribution in [0.2, 0.25) is 0 Å². The number of para-hydroxylation sites is 1. The minimum Gasteiger partial charge on any atom is -0.465 e. The quantitative estimate of drug-likeness (QED) is 0.472. The summed E-state index contributed by atoms with van der Waals surface area (Å²) in [6.45, 7) is -0.238. The summed E-state index contributed by atoms with van der Waals surface area (Å²) in [5.41, 5.74) is -0.0204. The topological polar surface area (TPSA) is 111 Å². The van der Waals surface area contributed by atoms with Gasteiger partial charge in [0.1, 0.15) is 0 Å². The summed E-state index contributed by atoms with van der Waals surface area (Å²) in [7, 11) is 1.23. The van der Waals surface area contributed by atoms with Crippen LogP contribution in [0.25, 0.3) is 0 Å². The zero-order chi connectivity index (χ0) is 18.4. The van der Waals surface area contributed by atoms with E-state index in [1.807, 2.05) is 0 Å². The maximum atomic E-state index is 13.3. The Labute approximate surface area is 141 Å². The minimum atomic E-state index is -0.966. The highest BCUT2D eigenvalue weighted by Gasteiger charge is 2.16. The second-order valence-electron chi connectivity index (χ2n) is 4.86. The third kappa shape index (κ3) is 4.50. The summed E-state index contributed by atoms with van der Waals surface area (Å²) in [5, 5.41) is 15.9. The number of nitrogens with one attached hydrogen (secondary N) is 2. The number of amides is 1. The molecule has 0 aliphatic heterocycles. The van der Waals surface area contributed by atoms with E-state index in [4.69, 9.17) is 0 Å². The van der Waals surface area contributed by atoms with Gasteiger partial charge in [0.05, 0.1) is 29.8 Å². The third-order valence-electron chi connectivity index (χ3n) is 3.20. The molecule has 25 heavy (non-hydrogen) atoms. The standard InChI is InChI=1S/C16H14FN3O5/c1-25-16(22)11-4-2-3-5-13(11)19-15(21)9-18-10-6-7-12(17)14(8-10)20(23)24/h2-8,18H,9H2,1H3,(H,19,21). The zero-order valence-corrected chi connectivity index (χ0v) is 13.1. The molecule has 0 saturated carbocycles. The van der Waals surface area contributed by atoms with Crippen LogP contribution in [0.15, 0.2) is 42.5 Å². The second kappa shape index (κ2) is 7.86. The number of nitro groups is 1. The van der Waals surface area contributed by atoms with Crippen LogP contribution in [0.5, 0.6) is 0 Å². The van der Waals surface area contributed by atoms with E-state index in [-0.39, 0.29) is 23.5 Å². The van der Waals surface area contributed by atoms with Crippen molar-refractivity contribution in [2.45, 2.75) is 0 Å². The van der Waals surface area contributed by atoms with E-state index in [2.05, 4.69) is 15.4 Å². The van der Waals surface area contributed by atoms with Crippen LogP contribution in [0.3, 0.4) is 0 Å². The van der Waals surface area contributed by atoms with Gasteiger partial charge in [0, 0.05) is 11.8 Å². The first-order valence-corrected chi connectivity index (χ1v) is 7.07. The van der Waals surface area contributed by atoms with Crippen molar-refractivity contribution in [3.05, 3.63) is 64.0 Å². The lowest BCUT2D eigenvalue weighted by molar-refractivity contribution is -0.387. The molecule has 2 N–H and O–H groups in total. The molecule has 0 heterocycles. The van der Waals surface area contributed by atoms with Gasteiger partial charge in [-0.15, -0.1) is 0 Å². The number of rotatable bonds is 6. The van der Waals surface area contributed by atoms with Crippen LogP contribution in [0, 0.1) is 15.9 Å². The molecule has 0 spiro atoms. The number of hydrogen-bond donors (Lipinski definition) is 2. The fraction of sp³-hybridized carbons (Fsp3) is 0.125. The Morgan fingerprint density at radius 2 is 1.96 bits per heavy atom. The molecular weight excluding hydrogens is 333 g/mol. The van der Waals surface area contributed by atoms with E-state index < -0.39 is 28.3 Å². The molecule has 130 valence electrons. The summed E-state index contributed by atoms with van der Waals surface area (Å²) in [4.78, 5) is 33.5. The molecule has 9 heteroatoms. The van der Waals surface area contributed by atoms with E-state index in [0.29, 0.717) is 0 Å². The number of halogens is 1. The number of hydrogen-bond acceptors (Lipinski definition) is 6. The van der Waals surface area contributed by atoms with E-state index in [1.165, 1.54) is 25.3 Å². The summed E-state index contributed by atoms with van der Waals surface area (Å²) in [5.74, 6) is -2.06. The molecular formula is C16H14FN3O5. The summed E-state index contributed by atoms with van der Waals surface area (Å²) < 4.78 is 17.9. The van der Waals surface area contributed by atoms with Crippen molar-refractivity contribution in [2.75, 3.05) is 24.3 Å². The predicted molar refractivity (Wildman–Crippen MR) is 88.0 cm³/mol. The highest BCUT2D eigenvalue weighted by molar-refractivity contribution is 6.02. The number of nitro benzene ring substituents is 1. The molecule has 0 saturated heterocycles. The molecule has 0 aliphatic rings. The van der Waals surface area contributed by atoms with Crippen LogP contribution < -0.4 is 10.6 Å². The Balaban J connectivity index is 2.04. The number of anilines is 2. The number of nitrogens with zero attached hydrogens (tertiary/aromatic N) is 1. The van der Waals surface area contributed by atoms with Gasteiger partial charge in [0.25, 0.3) is 0 Å². The SMILES string of the molecule is COC(=O)c1ccccc1NC(=O)CNc1ccc(F)c([N+](=O)[O-])c1. The summed E-state index contributed by atoms with van der Waals surface area (Å²) in [6, 6.07) is 9.50. The van der Waals surface area contributed by atoms with Gasteiger partial charge >= 0.3 is 11.7 Å². The molecule has 0 aliphatic carbocycles. The van der Waals surface area contributed by atoms with Gasteiger partial charge in [-0.2, -0.15) is 4.39 Å². The maximum Gasteiger partial charge on any atom is 0.339 e. The lowest BCUT2D eigenvalue weighted by Crippen LogP contribution is -2.23. The van der Waals surface area contributed by atoms with E-state index in [1.54, 1.807) is 12.1 Å². The van der Waals surface area contributed by atoms with Crippen LogP contribution in [-0.4, -0.2) is 30.5 Å². The third-order valence-corrected chi connectivity index (χ3v) is 3.20. The van der Waals surface area contributed by atoms with Crippen molar-refractivity contribution in [1.82, 2.24) is 0 Å².